The molecule has 0 radical (unpaired) electrons. The van der Waals surface area contributed by atoms with Crippen LogP contribution in [-0.2, 0) is 0 Å². The van der Waals surface area contributed by atoms with Crippen molar-refractivity contribution in [2.45, 2.75) is 25.2 Å². The minimum Gasteiger partial charge on any atom is -0.375 e. The first-order valence-corrected chi connectivity index (χ1v) is 12.4. The van der Waals surface area contributed by atoms with Gasteiger partial charge in [0.2, 0.25) is 0 Å². The number of nitrogens with zero attached hydrogens (tertiary/aromatic N) is 1. The molecule has 3 heterocycles. The lowest BCUT2D eigenvalue weighted by Crippen LogP contribution is -2.25. The third-order valence-corrected chi connectivity index (χ3v) is 7.17. The van der Waals surface area contributed by atoms with Gasteiger partial charge in [-0.25, -0.2) is 0 Å². The molecule has 0 bridgehead atoms. The van der Waals surface area contributed by atoms with Crippen molar-refractivity contribution in [3.05, 3.63) is 96.3 Å². The Bertz CT molecular complexity index is 1370. The van der Waals surface area contributed by atoms with Crippen molar-refractivity contribution in [1.29, 1.82) is 0 Å². The van der Waals surface area contributed by atoms with Crippen LogP contribution in [0.2, 0.25) is 0 Å². The predicted octanol–water partition coefficient (Wildman–Crippen LogP) is 7.11. The van der Waals surface area contributed by atoms with Crippen molar-refractivity contribution in [1.82, 2.24) is 9.88 Å². The van der Waals surface area contributed by atoms with E-state index in [9.17, 15) is 0 Å². The molecular formula is C29H28N4S. The Morgan fingerprint density at radius 1 is 0.882 bits per heavy atom. The lowest BCUT2D eigenvalue weighted by molar-refractivity contribution is 0.356. The van der Waals surface area contributed by atoms with E-state index in [1.165, 1.54) is 53.5 Å². The summed E-state index contributed by atoms with van der Waals surface area (Å²) in [7, 11) is 0. The van der Waals surface area contributed by atoms with Gasteiger partial charge >= 0.3 is 0 Å². The number of H-pyrrole nitrogens is 1. The number of nitrogens with one attached hydrogen (secondary N) is 3. The normalized spacial score (nSPS) is 17.4. The highest BCUT2D eigenvalue weighted by molar-refractivity contribution is 7.80. The van der Waals surface area contributed by atoms with Gasteiger partial charge in [0.25, 0.3) is 0 Å². The van der Waals surface area contributed by atoms with Crippen LogP contribution >= 0.6 is 12.2 Å². The molecule has 0 aliphatic carbocycles. The molecule has 1 saturated heterocycles. The molecule has 1 atom stereocenters. The lowest BCUT2D eigenvalue weighted by atomic mass is 9.91. The van der Waals surface area contributed by atoms with Crippen molar-refractivity contribution in [2.24, 2.45) is 0 Å². The molecule has 4 nitrogen and oxygen atoms in total. The van der Waals surface area contributed by atoms with Crippen molar-refractivity contribution in [2.75, 3.05) is 23.7 Å². The van der Waals surface area contributed by atoms with Crippen LogP contribution in [0.15, 0.2) is 90.8 Å². The van der Waals surface area contributed by atoms with E-state index in [0.717, 1.165) is 23.5 Å². The van der Waals surface area contributed by atoms with E-state index in [4.69, 9.17) is 12.2 Å². The molecule has 4 aromatic rings. The van der Waals surface area contributed by atoms with Crippen LogP contribution in [0.5, 0.6) is 0 Å². The minimum atomic E-state index is 0.471. The zero-order chi connectivity index (χ0) is 22.9. The van der Waals surface area contributed by atoms with Gasteiger partial charge in [-0.2, -0.15) is 0 Å². The largest absolute Gasteiger partial charge is 0.375 e. The summed E-state index contributed by atoms with van der Waals surface area (Å²) < 4.78 is 0. The number of benzene rings is 3. The lowest BCUT2D eigenvalue weighted by Gasteiger charge is -2.28. The highest BCUT2D eigenvalue weighted by Crippen LogP contribution is 2.37. The van der Waals surface area contributed by atoms with E-state index in [1.54, 1.807) is 0 Å². The Kier molecular flexibility index (Phi) is 5.55. The third-order valence-electron chi connectivity index (χ3n) is 6.97. The maximum absolute atomic E-state index is 5.64. The van der Waals surface area contributed by atoms with Gasteiger partial charge in [0.15, 0.2) is 5.11 Å². The summed E-state index contributed by atoms with van der Waals surface area (Å²) >= 11 is 5.64. The number of aromatic amines is 1. The summed E-state index contributed by atoms with van der Waals surface area (Å²) in [5.74, 6) is 0.471. The number of anilines is 2. The standard InChI is InChI=1S/C29H28N4S/c34-29(31-23-9-4-8-21(16-23)20-6-2-1-3-7-20)32-24-11-12-28-26(18-24)27(19-30-28)22-13-15-33-14-5-10-25(33)17-22/h1-4,6-9,11-12,16-19,22,30H,5,10,13-15H2,(H2,31,32,34). The summed E-state index contributed by atoms with van der Waals surface area (Å²) in [4.78, 5) is 6.02. The fourth-order valence-corrected chi connectivity index (χ4v) is 5.52. The number of rotatable bonds is 4. The van der Waals surface area contributed by atoms with Crippen molar-refractivity contribution >= 4 is 39.6 Å². The molecular weight excluding hydrogens is 436 g/mol. The first kappa shape index (κ1) is 21.0. The SMILES string of the molecule is S=C(Nc1cccc(-c2ccccc2)c1)Nc1ccc2[nH]cc(C3C=C4CCCN4CC3)c2c1. The van der Waals surface area contributed by atoms with Crippen LogP contribution in [0.4, 0.5) is 11.4 Å². The molecule has 3 N–H and O–H groups in total. The topological polar surface area (TPSA) is 43.1 Å². The van der Waals surface area contributed by atoms with E-state index in [-0.39, 0.29) is 0 Å². The number of thiocarbonyl (C=S) groups is 1. The molecule has 5 heteroatoms. The first-order valence-electron chi connectivity index (χ1n) is 12.0. The Morgan fingerprint density at radius 2 is 1.71 bits per heavy atom. The van der Waals surface area contributed by atoms with Crippen LogP contribution in [0.25, 0.3) is 22.0 Å². The van der Waals surface area contributed by atoms with Gasteiger partial charge < -0.3 is 20.5 Å². The Hall–Kier alpha value is -3.57. The molecule has 2 aliphatic heterocycles. The van der Waals surface area contributed by atoms with Gasteiger partial charge in [0.1, 0.15) is 0 Å². The molecule has 1 fully saturated rings. The van der Waals surface area contributed by atoms with Crippen LogP contribution in [0.3, 0.4) is 0 Å². The Balaban J connectivity index is 1.19. The van der Waals surface area contributed by atoms with E-state index < -0.39 is 0 Å². The molecule has 2 aliphatic rings. The minimum absolute atomic E-state index is 0.471. The summed E-state index contributed by atoms with van der Waals surface area (Å²) in [6.45, 7) is 2.39. The van der Waals surface area contributed by atoms with Crippen LogP contribution in [0, 0.1) is 0 Å². The zero-order valence-corrected chi connectivity index (χ0v) is 19.9. The second-order valence-electron chi connectivity index (χ2n) is 9.17. The smallest absolute Gasteiger partial charge is 0.175 e. The van der Waals surface area contributed by atoms with Crippen molar-refractivity contribution in [3.63, 3.8) is 0 Å². The maximum atomic E-state index is 5.64. The Labute approximate surface area is 205 Å². The van der Waals surface area contributed by atoms with Gasteiger partial charge in [-0.3, -0.25) is 0 Å². The highest BCUT2D eigenvalue weighted by atomic mass is 32.1. The summed E-state index contributed by atoms with van der Waals surface area (Å²) in [6, 6.07) is 25.1. The second kappa shape index (κ2) is 8.99. The number of hydrogen-bond donors (Lipinski definition) is 3. The summed E-state index contributed by atoms with van der Waals surface area (Å²) in [5, 5.41) is 8.58. The van der Waals surface area contributed by atoms with Crippen molar-refractivity contribution < 1.29 is 0 Å². The van der Waals surface area contributed by atoms with E-state index in [2.05, 4.69) is 93.5 Å². The third kappa shape index (κ3) is 4.19. The molecule has 34 heavy (non-hydrogen) atoms. The van der Waals surface area contributed by atoms with Gasteiger partial charge in [-0.1, -0.05) is 48.5 Å². The maximum Gasteiger partial charge on any atom is 0.175 e. The molecule has 0 amide bonds. The molecule has 0 saturated carbocycles. The van der Waals surface area contributed by atoms with E-state index >= 15 is 0 Å². The summed E-state index contributed by atoms with van der Waals surface area (Å²) in [6.07, 6.45) is 8.36. The fourth-order valence-electron chi connectivity index (χ4n) is 5.28. The number of fused-ring (bicyclic) bond motifs is 2. The van der Waals surface area contributed by atoms with Crippen molar-refractivity contribution in [3.8, 4) is 11.1 Å². The van der Waals surface area contributed by atoms with E-state index in [0.29, 0.717) is 11.0 Å². The number of allylic oxidation sites excluding steroid dienone is 2. The van der Waals surface area contributed by atoms with Gasteiger partial charge in [-0.05, 0) is 78.5 Å². The Morgan fingerprint density at radius 3 is 2.59 bits per heavy atom. The molecule has 1 aromatic heterocycles. The van der Waals surface area contributed by atoms with Gasteiger partial charge in [-0.15, -0.1) is 0 Å². The first-order chi connectivity index (χ1) is 16.7. The average Bonchev–Trinajstić information content (AvgIpc) is 3.51. The fraction of sp³-hybridized carbons (Fsp3) is 0.207. The van der Waals surface area contributed by atoms with Crippen LogP contribution < -0.4 is 10.6 Å². The number of hydrogen-bond acceptors (Lipinski definition) is 2. The highest BCUT2D eigenvalue weighted by Gasteiger charge is 2.25. The predicted molar refractivity (Wildman–Crippen MR) is 146 cm³/mol. The molecule has 0 spiro atoms. The van der Waals surface area contributed by atoms with Gasteiger partial charge in [0, 0.05) is 53.2 Å². The number of aromatic nitrogens is 1. The van der Waals surface area contributed by atoms with E-state index in [1.807, 2.05) is 12.1 Å². The average molecular weight is 465 g/mol. The summed E-state index contributed by atoms with van der Waals surface area (Å²) in [5.41, 5.74) is 8.40. The second-order valence-corrected chi connectivity index (χ2v) is 9.58. The zero-order valence-electron chi connectivity index (χ0n) is 19.1. The molecule has 3 aromatic carbocycles. The molecule has 6 rings (SSSR count). The van der Waals surface area contributed by atoms with Crippen LogP contribution in [0.1, 0.15) is 30.7 Å². The molecule has 1 unspecified atom stereocenters. The van der Waals surface area contributed by atoms with Crippen LogP contribution in [-0.4, -0.2) is 28.1 Å². The quantitative estimate of drug-likeness (QED) is 0.282. The van der Waals surface area contributed by atoms with Gasteiger partial charge in [0.05, 0.1) is 0 Å². The monoisotopic (exact) mass is 464 g/mol. The molecule has 170 valence electrons.